The summed E-state index contributed by atoms with van der Waals surface area (Å²) in [6.07, 6.45) is 0.433. The maximum atomic E-state index is 12.9. The van der Waals surface area contributed by atoms with Crippen LogP contribution in [0.1, 0.15) is 29.3 Å². The molecule has 5 rings (SSSR count). The minimum absolute atomic E-state index is 0.0200. The summed E-state index contributed by atoms with van der Waals surface area (Å²) in [5, 5.41) is 0.597. The van der Waals surface area contributed by atoms with Crippen molar-refractivity contribution in [3.8, 4) is 0 Å². The Bertz CT molecular complexity index is 1230. The van der Waals surface area contributed by atoms with E-state index in [0.717, 1.165) is 29.1 Å². The van der Waals surface area contributed by atoms with Crippen LogP contribution in [-0.2, 0) is 11.3 Å². The summed E-state index contributed by atoms with van der Waals surface area (Å²) in [7, 11) is 0. The highest BCUT2D eigenvalue weighted by molar-refractivity contribution is 6.33. The van der Waals surface area contributed by atoms with Gasteiger partial charge in [0.05, 0.1) is 21.7 Å². The van der Waals surface area contributed by atoms with Gasteiger partial charge in [0.1, 0.15) is 5.82 Å². The molecule has 0 spiro atoms. The zero-order valence-electron chi connectivity index (χ0n) is 16.8. The highest BCUT2D eigenvalue weighted by Gasteiger charge is 2.35. The Morgan fingerprint density at radius 3 is 2.53 bits per heavy atom. The second-order valence-corrected chi connectivity index (χ2v) is 8.29. The lowest BCUT2D eigenvalue weighted by Crippen LogP contribution is -2.24. The molecule has 5 heteroatoms. The fourth-order valence-corrected chi connectivity index (χ4v) is 4.47. The molecule has 3 aromatic carbocycles. The Morgan fingerprint density at radius 2 is 1.73 bits per heavy atom. The molecule has 0 unspecified atom stereocenters. The van der Waals surface area contributed by atoms with E-state index in [1.165, 1.54) is 11.1 Å². The number of anilines is 1. The highest BCUT2D eigenvalue weighted by atomic mass is 35.5. The molecule has 1 aliphatic heterocycles. The largest absolute Gasteiger partial charge is 0.323 e. The first-order valence-electron chi connectivity index (χ1n) is 10.2. The molecule has 0 saturated carbocycles. The molecule has 1 atom stereocenters. The van der Waals surface area contributed by atoms with Gasteiger partial charge in [-0.1, -0.05) is 65.7 Å². The topological polar surface area (TPSA) is 38.1 Å². The van der Waals surface area contributed by atoms with E-state index in [-0.39, 0.29) is 11.8 Å². The van der Waals surface area contributed by atoms with Crippen molar-refractivity contribution in [2.24, 2.45) is 0 Å². The fraction of sp³-hybridized carbons (Fsp3) is 0.200. The Morgan fingerprint density at radius 1 is 1.00 bits per heavy atom. The molecule has 1 aromatic heterocycles. The van der Waals surface area contributed by atoms with Gasteiger partial charge in [-0.3, -0.25) is 4.79 Å². The van der Waals surface area contributed by atoms with Crippen LogP contribution in [-0.4, -0.2) is 22.0 Å². The van der Waals surface area contributed by atoms with Crippen molar-refractivity contribution in [3.05, 3.63) is 94.8 Å². The molecule has 1 fully saturated rings. The minimum atomic E-state index is 0.0200. The third kappa shape index (κ3) is 3.37. The quantitative estimate of drug-likeness (QED) is 0.437. The van der Waals surface area contributed by atoms with Gasteiger partial charge in [0.25, 0.3) is 0 Å². The third-order valence-corrected chi connectivity index (χ3v) is 6.10. The summed E-state index contributed by atoms with van der Waals surface area (Å²) in [5.41, 5.74) is 5.29. The molecular formula is C25H22ClN3O. The summed E-state index contributed by atoms with van der Waals surface area (Å²) in [6.45, 7) is 3.40. The van der Waals surface area contributed by atoms with Gasteiger partial charge in [-0.05, 0) is 36.8 Å². The maximum absolute atomic E-state index is 12.9. The molecule has 30 heavy (non-hydrogen) atoms. The van der Waals surface area contributed by atoms with Crippen LogP contribution < -0.4 is 4.90 Å². The number of carbonyl (C=O) groups is 1. The summed E-state index contributed by atoms with van der Waals surface area (Å²) < 4.78 is 2.26. The highest BCUT2D eigenvalue weighted by Crippen LogP contribution is 2.36. The van der Waals surface area contributed by atoms with Gasteiger partial charge in [-0.15, -0.1) is 0 Å². The summed E-state index contributed by atoms with van der Waals surface area (Å²) >= 11 is 6.36. The first kappa shape index (κ1) is 18.9. The fourth-order valence-electron chi connectivity index (χ4n) is 4.23. The van der Waals surface area contributed by atoms with Crippen LogP contribution in [0.15, 0.2) is 72.8 Å². The SMILES string of the molecule is Cc1ccc(Cn2c([C@H]3CC(=O)N(c4ccccc4Cl)C3)nc3ccccc32)cc1. The number of hydrogen-bond donors (Lipinski definition) is 0. The molecule has 4 nitrogen and oxygen atoms in total. The lowest BCUT2D eigenvalue weighted by molar-refractivity contribution is -0.117. The summed E-state index contributed by atoms with van der Waals surface area (Å²) in [5.74, 6) is 1.06. The first-order chi connectivity index (χ1) is 14.6. The molecule has 0 aliphatic carbocycles. The van der Waals surface area contributed by atoms with Crippen LogP contribution in [0, 0.1) is 6.92 Å². The van der Waals surface area contributed by atoms with E-state index in [9.17, 15) is 4.79 Å². The van der Waals surface area contributed by atoms with Crippen molar-refractivity contribution in [1.29, 1.82) is 0 Å². The maximum Gasteiger partial charge on any atom is 0.227 e. The zero-order chi connectivity index (χ0) is 20.7. The number of carbonyl (C=O) groups excluding carboxylic acids is 1. The van der Waals surface area contributed by atoms with Gasteiger partial charge < -0.3 is 9.47 Å². The number of halogens is 1. The van der Waals surface area contributed by atoms with Crippen molar-refractivity contribution >= 4 is 34.2 Å². The average Bonchev–Trinajstić information content (AvgIpc) is 3.31. The van der Waals surface area contributed by atoms with Gasteiger partial charge >= 0.3 is 0 Å². The van der Waals surface area contributed by atoms with Gasteiger partial charge in [0, 0.05) is 25.4 Å². The second-order valence-electron chi connectivity index (χ2n) is 7.89. The molecule has 4 aromatic rings. The zero-order valence-corrected chi connectivity index (χ0v) is 17.5. The van der Waals surface area contributed by atoms with E-state index in [1.807, 2.05) is 42.5 Å². The van der Waals surface area contributed by atoms with Crippen molar-refractivity contribution in [3.63, 3.8) is 0 Å². The number of rotatable bonds is 4. The summed E-state index contributed by atoms with van der Waals surface area (Å²) in [6, 6.07) is 24.3. The number of nitrogens with zero attached hydrogens (tertiary/aromatic N) is 3. The lowest BCUT2D eigenvalue weighted by Gasteiger charge is -2.18. The number of aromatic nitrogens is 2. The molecule has 0 N–H and O–H groups in total. The molecule has 150 valence electrons. The Labute approximate surface area is 180 Å². The van der Waals surface area contributed by atoms with Crippen molar-refractivity contribution in [2.45, 2.75) is 25.8 Å². The van der Waals surface area contributed by atoms with Crippen LogP contribution in [0.2, 0.25) is 5.02 Å². The average molecular weight is 416 g/mol. The Kier molecular flexibility index (Phi) is 4.80. The van der Waals surface area contributed by atoms with Crippen molar-refractivity contribution < 1.29 is 4.79 Å². The Hall–Kier alpha value is -3.11. The van der Waals surface area contributed by atoms with Gasteiger partial charge in [0.15, 0.2) is 0 Å². The van der Waals surface area contributed by atoms with Gasteiger partial charge in [0.2, 0.25) is 5.91 Å². The van der Waals surface area contributed by atoms with Crippen LogP contribution in [0.25, 0.3) is 11.0 Å². The number of imidazole rings is 1. The number of amides is 1. The molecule has 0 radical (unpaired) electrons. The predicted octanol–water partition coefficient (Wildman–Crippen LogP) is 5.57. The van der Waals surface area contributed by atoms with Crippen LogP contribution in [0.5, 0.6) is 0 Å². The molecule has 1 saturated heterocycles. The van der Waals surface area contributed by atoms with E-state index in [0.29, 0.717) is 18.0 Å². The van der Waals surface area contributed by atoms with E-state index >= 15 is 0 Å². The van der Waals surface area contributed by atoms with Crippen LogP contribution >= 0.6 is 11.6 Å². The van der Waals surface area contributed by atoms with Crippen LogP contribution in [0.4, 0.5) is 5.69 Å². The normalized spacial score (nSPS) is 16.5. The number of hydrogen-bond acceptors (Lipinski definition) is 2. The molecule has 1 aliphatic rings. The van der Waals surface area contributed by atoms with E-state index in [4.69, 9.17) is 16.6 Å². The Balaban J connectivity index is 1.53. The lowest BCUT2D eigenvalue weighted by atomic mass is 10.1. The predicted molar refractivity (Wildman–Crippen MR) is 121 cm³/mol. The van der Waals surface area contributed by atoms with E-state index < -0.39 is 0 Å². The molecular weight excluding hydrogens is 394 g/mol. The van der Waals surface area contributed by atoms with Crippen molar-refractivity contribution in [1.82, 2.24) is 9.55 Å². The molecule has 0 bridgehead atoms. The number of aryl methyl sites for hydroxylation is 1. The second kappa shape index (κ2) is 7.62. The summed E-state index contributed by atoms with van der Waals surface area (Å²) in [4.78, 5) is 19.6. The van der Waals surface area contributed by atoms with Gasteiger partial charge in [-0.2, -0.15) is 0 Å². The van der Waals surface area contributed by atoms with Gasteiger partial charge in [-0.25, -0.2) is 4.98 Å². The standard InChI is InChI=1S/C25H22ClN3O/c1-17-10-12-18(13-11-17)15-29-23-9-5-3-7-21(23)27-25(29)19-14-24(30)28(16-19)22-8-4-2-6-20(22)26/h2-13,19H,14-16H2,1H3/t19-/m0/s1. The molecule has 2 heterocycles. The van der Waals surface area contributed by atoms with E-state index in [1.54, 1.807) is 4.90 Å². The number of para-hydroxylation sites is 3. The first-order valence-corrected chi connectivity index (χ1v) is 10.5. The smallest absolute Gasteiger partial charge is 0.227 e. The third-order valence-electron chi connectivity index (χ3n) is 5.78. The monoisotopic (exact) mass is 415 g/mol. The minimum Gasteiger partial charge on any atom is -0.323 e. The number of benzene rings is 3. The molecule has 1 amide bonds. The number of fused-ring (bicyclic) bond motifs is 1. The van der Waals surface area contributed by atoms with E-state index in [2.05, 4.69) is 41.8 Å². The van der Waals surface area contributed by atoms with Crippen molar-refractivity contribution in [2.75, 3.05) is 11.4 Å². The van der Waals surface area contributed by atoms with Crippen LogP contribution in [0.3, 0.4) is 0 Å².